The summed E-state index contributed by atoms with van der Waals surface area (Å²) in [4.78, 5) is 11.6. The van der Waals surface area contributed by atoms with Gasteiger partial charge in [-0.2, -0.15) is 0 Å². The number of carbonyl (C=O) groups is 1. The van der Waals surface area contributed by atoms with Gasteiger partial charge < -0.3 is 19.5 Å². The fourth-order valence-corrected chi connectivity index (χ4v) is 2.13. The van der Waals surface area contributed by atoms with E-state index in [4.69, 9.17) is 14.2 Å². The Kier molecular flexibility index (Phi) is 4.27. The summed E-state index contributed by atoms with van der Waals surface area (Å²) in [6, 6.07) is 3.75. The maximum atomic E-state index is 11.6. The highest BCUT2D eigenvalue weighted by Gasteiger charge is 2.22. The second-order valence-corrected chi connectivity index (χ2v) is 4.50. The van der Waals surface area contributed by atoms with Crippen molar-refractivity contribution in [2.75, 3.05) is 25.6 Å². The van der Waals surface area contributed by atoms with Crippen LogP contribution in [-0.4, -0.2) is 32.3 Å². The Bertz CT molecular complexity index is 473. The van der Waals surface area contributed by atoms with E-state index in [9.17, 15) is 4.79 Å². The predicted molar refractivity (Wildman–Crippen MR) is 71.9 cm³/mol. The van der Waals surface area contributed by atoms with Crippen LogP contribution in [0.2, 0.25) is 0 Å². The minimum absolute atomic E-state index is 0.0138. The van der Waals surface area contributed by atoms with Crippen molar-refractivity contribution >= 4 is 11.6 Å². The van der Waals surface area contributed by atoms with Crippen LogP contribution in [0.4, 0.5) is 5.69 Å². The lowest BCUT2D eigenvalue weighted by molar-refractivity contribution is -0.119. The number of ether oxygens (including phenoxy) is 3. The molecule has 1 aromatic rings. The number of benzene rings is 1. The Hall–Kier alpha value is -1.75. The molecule has 0 radical (unpaired) electrons. The minimum Gasteiger partial charge on any atom is -0.492 e. The average Bonchev–Trinajstić information content (AvgIpc) is 2.69. The molecule has 5 nitrogen and oxygen atoms in total. The smallest absolute Gasteiger partial charge is 0.250 e. The zero-order valence-electron chi connectivity index (χ0n) is 11.5. The van der Waals surface area contributed by atoms with Gasteiger partial charge in [0.2, 0.25) is 5.91 Å². The molecular weight excluding hydrogens is 246 g/mol. The van der Waals surface area contributed by atoms with Crippen molar-refractivity contribution < 1.29 is 19.0 Å². The molecule has 1 N–H and O–H groups in total. The number of amides is 1. The summed E-state index contributed by atoms with van der Waals surface area (Å²) in [5.41, 5.74) is 1.73. The Morgan fingerprint density at radius 2 is 2.32 bits per heavy atom. The van der Waals surface area contributed by atoms with Gasteiger partial charge in [-0.05, 0) is 19.9 Å². The lowest BCUT2D eigenvalue weighted by atomic mass is 10.1. The van der Waals surface area contributed by atoms with Crippen LogP contribution in [0, 0.1) is 0 Å². The van der Waals surface area contributed by atoms with Gasteiger partial charge in [-0.25, -0.2) is 0 Å². The maximum absolute atomic E-state index is 11.6. The molecule has 2 rings (SSSR count). The lowest BCUT2D eigenvalue weighted by Crippen LogP contribution is -2.17. The fraction of sp³-hybridized carbons (Fsp3) is 0.500. The fourth-order valence-electron chi connectivity index (χ4n) is 2.13. The van der Waals surface area contributed by atoms with E-state index in [0.29, 0.717) is 18.0 Å². The highest BCUT2D eigenvalue weighted by atomic mass is 16.5. The zero-order chi connectivity index (χ0) is 13.8. The molecular formula is C14H19NO4. The van der Waals surface area contributed by atoms with Gasteiger partial charge in [-0.1, -0.05) is 0 Å². The third-order valence-corrected chi connectivity index (χ3v) is 2.85. The molecule has 0 fully saturated rings. The van der Waals surface area contributed by atoms with Gasteiger partial charge >= 0.3 is 0 Å². The molecule has 0 bridgehead atoms. The summed E-state index contributed by atoms with van der Waals surface area (Å²) >= 11 is 0. The van der Waals surface area contributed by atoms with Crippen LogP contribution >= 0.6 is 0 Å². The standard InChI is InChI=1S/C14H19NO4/c1-4-18-13-6-10-5-9(2)19-12(10)7-11(13)15-14(16)8-17-3/h6-7,9H,4-5,8H2,1-3H3,(H,15,16). The average molecular weight is 265 g/mol. The number of rotatable bonds is 5. The van der Waals surface area contributed by atoms with Gasteiger partial charge in [0.1, 0.15) is 24.2 Å². The highest BCUT2D eigenvalue weighted by Crippen LogP contribution is 2.37. The number of fused-ring (bicyclic) bond motifs is 1. The van der Waals surface area contributed by atoms with E-state index in [1.165, 1.54) is 7.11 Å². The molecule has 0 spiro atoms. The summed E-state index contributed by atoms with van der Waals surface area (Å²) in [5.74, 6) is 1.27. The third kappa shape index (κ3) is 3.17. The van der Waals surface area contributed by atoms with E-state index in [1.807, 2.05) is 26.0 Å². The lowest BCUT2D eigenvalue weighted by Gasteiger charge is -2.13. The van der Waals surface area contributed by atoms with Crippen molar-refractivity contribution in [1.29, 1.82) is 0 Å². The van der Waals surface area contributed by atoms with Crippen molar-refractivity contribution in [1.82, 2.24) is 0 Å². The molecule has 0 saturated carbocycles. The monoisotopic (exact) mass is 265 g/mol. The van der Waals surface area contributed by atoms with Crippen molar-refractivity contribution in [3.8, 4) is 11.5 Å². The van der Waals surface area contributed by atoms with Gasteiger partial charge in [-0.15, -0.1) is 0 Å². The summed E-state index contributed by atoms with van der Waals surface area (Å²) in [7, 11) is 1.48. The van der Waals surface area contributed by atoms with Crippen molar-refractivity contribution in [3.63, 3.8) is 0 Å². The topological polar surface area (TPSA) is 56.8 Å². The minimum atomic E-state index is -0.213. The van der Waals surface area contributed by atoms with Crippen molar-refractivity contribution in [2.24, 2.45) is 0 Å². The van der Waals surface area contributed by atoms with Crippen molar-refractivity contribution in [2.45, 2.75) is 26.4 Å². The number of hydrogen-bond acceptors (Lipinski definition) is 4. The molecule has 5 heteroatoms. The Labute approximate surface area is 112 Å². The summed E-state index contributed by atoms with van der Waals surface area (Å²) in [6.45, 7) is 4.49. The van der Waals surface area contributed by atoms with Crippen LogP contribution in [0.3, 0.4) is 0 Å². The largest absolute Gasteiger partial charge is 0.492 e. The Morgan fingerprint density at radius 3 is 3.00 bits per heavy atom. The van der Waals surface area contributed by atoms with Gasteiger partial charge in [-0.3, -0.25) is 4.79 Å². The van der Waals surface area contributed by atoms with Crippen LogP contribution in [0.5, 0.6) is 11.5 Å². The van der Waals surface area contributed by atoms with E-state index < -0.39 is 0 Å². The maximum Gasteiger partial charge on any atom is 0.250 e. The van der Waals surface area contributed by atoms with Crippen molar-refractivity contribution in [3.05, 3.63) is 17.7 Å². The summed E-state index contributed by atoms with van der Waals surface area (Å²) in [5, 5.41) is 2.77. The first-order valence-corrected chi connectivity index (χ1v) is 6.39. The second-order valence-electron chi connectivity index (χ2n) is 4.50. The molecule has 0 aliphatic carbocycles. The molecule has 1 aliphatic rings. The first-order chi connectivity index (χ1) is 9.13. The second kappa shape index (κ2) is 5.93. The molecule has 1 amide bonds. The number of anilines is 1. The molecule has 19 heavy (non-hydrogen) atoms. The number of hydrogen-bond donors (Lipinski definition) is 1. The number of carbonyl (C=O) groups excluding carboxylic acids is 1. The quantitative estimate of drug-likeness (QED) is 0.884. The molecule has 1 heterocycles. The highest BCUT2D eigenvalue weighted by molar-refractivity contribution is 5.93. The molecule has 0 saturated heterocycles. The van der Waals surface area contributed by atoms with E-state index >= 15 is 0 Å². The van der Waals surface area contributed by atoms with Crippen LogP contribution in [0.1, 0.15) is 19.4 Å². The van der Waals surface area contributed by atoms with E-state index in [1.54, 1.807) is 0 Å². The first kappa shape index (κ1) is 13.7. The van der Waals surface area contributed by atoms with Gasteiger partial charge in [0.25, 0.3) is 0 Å². The van der Waals surface area contributed by atoms with E-state index in [2.05, 4.69) is 5.32 Å². The molecule has 1 atom stereocenters. The molecule has 1 aliphatic heterocycles. The molecule has 104 valence electrons. The molecule has 1 unspecified atom stereocenters. The van der Waals surface area contributed by atoms with Crippen LogP contribution in [-0.2, 0) is 16.0 Å². The molecule has 1 aromatic carbocycles. The van der Waals surface area contributed by atoms with Gasteiger partial charge in [0, 0.05) is 25.2 Å². The van der Waals surface area contributed by atoms with E-state index in [0.717, 1.165) is 17.7 Å². The normalized spacial score (nSPS) is 16.7. The van der Waals surface area contributed by atoms with Gasteiger partial charge in [0.05, 0.1) is 12.3 Å². The van der Waals surface area contributed by atoms with Gasteiger partial charge in [0.15, 0.2) is 0 Å². The SMILES string of the molecule is CCOc1cc2c(cc1NC(=O)COC)OC(C)C2. The van der Waals surface area contributed by atoms with Crippen LogP contribution in [0.25, 0.3) is 0 Å². The third-order valence-electron chi connectivity index (χ3n) is 2.85. The Balaban J connectivity index is 2.25. The van der Waals surface area contributed by atoms with E-state index in [-0.39, 0.29) is 18.6 Å². The van der Waals surface area contributed by atoms with Crippen LogP contribution in [0.15, 0.2) is 12.1 Å². The van der Waals surface area contributed by atoms with Crippen LogP contribution < -0.4 is 14.8 Å². The molecule has 0 aromatic heterocycles. The number of methoxy groups -OCH3 is 1. The number of nitrogens with one attached hydrogen (secondary N) is 1. The Morgan fingerprint density at radius 1 is 1.53 bits per heavy atom. The first-order valence-electron chi connectivity index (χ1n) is 6.39. The summed E-state index contributed by atoms with van der Waals surface area (Å²) in [6.07, 6.45) is 1.02. The summed E-state index contributed by atoms with van der Waals surface area (Å²) < 4.78 is 16.1. The zero-order valence-corrected chi connectivity index (χ0v) is 11.5. The predicted octanol–water partition coefficient (Wildman–Crippen LogP) is 1.99.